The van der Waals surface area contributed by atoms with Crippen molar-refractivity contribution in [3.63, 3.8) is 0 Å². The van der Waals surface area contributed by atoms with Crippen LogP contribution in [0.2, 0.25) is 0 Å². The second-order valence-electron chi connectivity index (χ2n) is 6.61. The first-order chi connectivity index (χ1) is 9.46. The fourth-order valence-electron chi connectivity index (χ4n) is 3.87. The molecule has 3 saturated carbocycles. The lowest BCUT2D eigenvalue weighted by atomic mass is 9.44. The highest BCUT2D eigenvalue weighted by Gasteiger charge is 2.58. The summed E-state index contributed by atoms with van der Waals surface area (Å²) in [6.45, 7) is 6.18. The Hall–Kier alpha value is -1.47. The van der Waals surface area contributed by atoms with Gasteiger partial charge >= 0.3 is 12.1 Å². The average molecular weight is 307 g/mol. The topological polar surface area (TPSA) is 79.4 Å². The number of rotatable bonds is 1. The van der Waals surface area contributed by atoms with Gasteiger partial charge in [-0.1, -0.05) is 20.8 Å². The van der Waals surface area contributed by atoms with E-state index in [1.165, 1.54) is 0 Å². The van der Waals surface area contributed by atoms with Gasteiger partial charge < -0.3 is 10.6 Å². The molecule has 4 atom stereocenters. The third-order valence-electron chi connectivity index (χ3n) is 5.27. The number of nitrogens with one attached hydrogen (secondary N) is 1. The molecule has 3 fully saturated rings. The number of nitrogens with zero attached hydrogens (tertiary/aromatic N) is 1. The first-order valence-electron chi connectivity index (χ1n) is 6.88. The predicted octanol–water partition coefficient (Wildman–Crippen LogP) is 2.27. The molecular formula is C13H20F3N3O2. The maximum Gasteiger partial charge on any atom is 0.493 e. The minimum atomic E-state index is -5.10. The number of halogens is 3. The van der Waals surface area contributed by atoms with Gasteiger partial charge in [0.1, 0.15) is 0 Å². The van der Waals surface area contributed by atoms with Gasteiger partial charge in [0, 0.05) is 0 Å². The minimum absolute atomic E-state index is 0.00469. The first-order valence-corrected chi connectivity index (χ1v) is 6.88. The number of guanidine groups is 1. The molecule has 0 unspecified atom stereocenters. The summed E-state index contributed by atoms with van der Waals surface area (Å²) in [5.74, 6) is -2.36. The highest BCUT2D eigenvalue weighted by atomic mass is 19.4. The van der Waals surface area contributed by atoms with Crippen LogP contribution >= 0.6 is 0 Å². The molecule has 0 spiro atoms. The predicted molar refractivity (Wildman–Crippen MR) is 68.8 cm³/mol. The van der Waals surface area contributed by atoms with Crippen molar-refractivity contribution >= 4 is 11.9 Å². The number of hydroxylamine groups is 2. The van der Waals surface area contributed by atoms with Crippen molar-refractivity contribution in [1.82, 2.24) is 5.06 Å². The Labute approximate surface area is 121 Å². The van der Waals surface area contributed by atoms with E-state index in [1.54, 1.807) is 0 Å². The summed E-state index contributed by atoms with van der Waals surface area (Å²) in [5.41, 5.74) is 5.45. The SMILES string of the molecule is C[C@H]1[C@H]2C[C@@H](C[C@@H]1N(OC(=O)C(F)(F)F)C(=N)N)C2(C)C. The lowest BCUT2D eigenvalue weighted by Gasteiger charge is -2.62. The third-order valence-corrected chi connectivity index (χ3v) is 5.27. The molecule has 3 aliphatic rings. The van der Waals surface area contributed by atoms with Crippen molar-refractivity contribution < 1.29 is 22.8 Å². The molecule has 3 rings (SSSR count). The first kappa shape index (κ1) is 15.9. The number of carbonyl (C=O) groups is 1. The largest absolute Gasteiger partial charge is 0.493 e. The fourth-order valence-corrected chi connectivity index (χ4v) is 3.87. The quantitative estimate of drug-likeness (QED) is 0.442. The van der Waals surface area contributed by atoms with Gasteiger partial charge in [-0.2, -0.15) is 18.2 Å². The van der Waals surface area contributed by atoms with Crippen molar-refractivity contribution in [3.8, 4) is 0 Å². The Morgan fingerprint density at radius 2 is 1.95 bits per heavy atom. The molecule has 3 N–H and O–H groups in total. The number of carbonyl (C=O) groups excluding carboxylic acids is 1. The zero-order valence-electron chi connectivity index (χ0n) is 12.2. The third kappa shape index (κ3) is 2.55. The lowest BCUT2D eigenvalue weighted by Crippen LogP contribution is -2.62. The van der Waals surface area contributed by atoms with Crippen LogP contribution in [-0.2, 0) is 9.63 Å². The summed E-state index contributed by atoms with van der Waals surface area (Å²) in [5, 5.41) is 8.05. The monoisotopic (exact) mass is 307 g/mol. The molecule has 8 heteroatoms. The van der Waals surface area contributed by atoms with Gasteiger partial charge in [0.15, 0.2) is 0 Å². The van der Waals surface area contributed by atoms with Gasteiger partial charge in [-0.15, -0.1) is 0 Å². The number of hydrogen-bond donors (Lipinski definition) is 2. The summed E-state index contributed by atoms with van der Waals surface area (Å²) in [6.07, 6.45) is -3.52. The van der Waals surface area contributed by atoms with Crippen LogP contribution in [0.25, 0.3) is 0 Å². The van der Waals surface area contributed by atoms with E-state index in [1.807, 2.05) is 6.92 Å². The van der Waals surface area contributed by atoms with E-state index >= 15 is 0 Å². The summed E-state index contributed by atoms with van der Waals surface area (Å²) >= 11 is 0. The smallest absolute Gasteiger partial charge is 0.368 e. The Kier molecular flexibility index (Phi) is 3.62. The van der Waals surface area contributed by atoms with E-state index in [0.717, 1.165) is 6.42 Å². The molecule has 0 aromatic heterocycles. The van der Waals surface area contributed by atoms with Gasteiger partial charge in [0.2, 0.25) is 5.96 Å². The summed E-state index contributed by atoms with van der Waals surface area (Å²) in [4.78, 5) is 15.4. The van der Waals surface area contributed by atoms with E-state index in [2.05, 4.69) is 18.7 Å². The molecule has 21 heavy (non-hydrogen) atoms. The normalized spacial score (nSPS) is 33.8. The molecule has 0 aromatic carbocycles. The van der Waals surface area contributed by atoms with Gasteiger partial charge in [-0.05, 0) is 36.0 Å². The summed E-state index contributed by atoms with van der Waals surface area (Å²) in [6, 6.07) is -0.481. The molecule has 3 aliphatic carbocycles. The van der Waals surface area contributed by atoms with Gasteiger partial charge in [0.25, 0.3) is 0 Å². The van der Waals surface area contributed by atoms with E-state index in [-0.39, 0.29) is 11.3 Å². The van der Waals surface area contributed by atoms with Crippen LogP contribution in [0.5, 0.6) is 0 Å². The zero-order chi connectivity index (χ0) is 16.2. The Bertz CT molecular complexity index is 464. The molecule has 2 bridgehead atoms. The van der Waals surface area contributed by atoms with Crippen molar-refractivity contribution in [2.45, 2.75) is 45.8 Å². The summed E-state index contributed by atoms with van der Waals surface area (Å²) < 4.78 is 37.0. The standard InChI is InChI=1S/C13H20F3N3O2/c1-6-8-4-7(12(8,2)3)5-9(6)19(11(17)18)21-10(20)13(14,15)16/h6-9H,4-5H2,1-3H3,(H3,17,18)/t6-,7-,8+,9-/m0/s1. The highest BCUT2D eigenvalue weighted by molar-refractivity contribution is 5.79. The summed E-state index contributed by atoms with van der Waals surface area (Å²) in [7, 11) is 0. The molecule has 0 aromatic rings. The number of hydrogen-bond acceptors (Lipinski definition) is 3. The van der Waals surface area contributed by atoms with Gasteiger partial charge in [0.05, 0.1) is 6.04 Å². The van der Waals surface area contributed by atoms with Gasteiger partial charge in [-0.25, -0.2) is 4.79 Å². The number of alkyl halides is 3. The van der Waals surface area contributed by atoms with Gasteiger partial charge in [-0.3, -0.25) is 5.41 Å². The number of nitrogens with two attached hydrogens (primary N) is 1. The van der Waals surface area contributed by atoms with Crippen LogP contribution in [0, 0.1) is 28.6 Å². The van der Waals surface area contributed by atoms with E-state index < -0.39 is 24.1 Å². The lowest BCUT2D eigenvalue weighted by molar-refractivity contribution is -0.246. The molecular weight excluding hydrogens is 287 g/mol. The van der Waals surface area contributed by atoms with Crippen molar-refractivity contribution in [2.75, 3.05) is 0 Å². The molecule has 5 nitrogen and oxygen atoms in total. The van der Waals surface area contributed by atoms with Crippen LogP contribution in [0.4, 0.5) is 13.2 Å². The van der Waals surface area contributed by atoms with Crippen molar-refractivity contribution in [1.29, 1.82) is 5.41 Å². The maximum atomic E-state index is 12.3. The number of fused-ring (bicyclic) bond motifs is 2. The molecule has 0 aliphatic heterocycles. The minimum Gasteiger partial charge on any atom is -0.368 e. The van der Waals surface area contributed by atoms with Crippen LogP contribution in [0.3, 0.4) is 0 Å². The van der Waals surface area contributed by atoms with E-state index in [0.29, 0.717) is 23.3 Å². The Balaban J connectivity index is 2.14. The second kappa shape index (κ2) is 4.78. The van der Waals surface area contributed by atoms with Crippen LogP contribution in [0.15, 0.2) is 0 Å². The van der Waals surface area contributed by atoms with Crippen LogP contribution in [-0.4, -0.2) is 29.2 Å². The highest BCUT2D eigenvalue weighted by Crippen LogP contribution is 2.62. The zero-order valence-corrected chi connectivity index (χ0v) is 12.2. The van der Waals surface area contributed by atoms with Crippen molar-refractivity contribution in [3.05, 3.63) is 0 Å². The second-order valence-corrected chi connectivity index (χ2v) is 6.61. The van der Waals surface area contributed by atoms with E-state index in [4.69, 9.17) is 11.1 Å². The fraction of sp³-hybridized carbons (Fsp3) is 0.846. The maximum absolute atomic E-state index is 12.3. The molecule has 0 amide bonds. The van der Waals surface area contributed by atoms with E-state index in [9.17, 15) is 18.0 Å². The Morgan fingerprint density at radius 1 is 1.38 bits per heavy atom. The Morgan fingerprint density at radius 3 is 2.33 bits per heavy atom. The molecule has 0 heterocycles. The molecule has 0 saturated heterocycles. The van der Waals surface area contributed by atoms with Crippen molar-refractivity contribution in [2.24, 2.45) is 28.9 Å². The molecule has 0 radical (unpaired) electrons. The molecule has 120 valence electrons. The van der Waals surface area contributed by atoms with Crippen LogP contribution in [0.1, 0.15) is 33.6 Å². The van der Waals surface area contributed by atoms with Crippen LogP contribution < -0.4 is 5.73 Å². The average Bonchev–Trinajstić information content (AvgIpc) is 2.33.